The first-order chi connectivity index (χ1) is 21.1. The van der Waals surface area contributed by atoms with Gasteiger partial charge in [0.2, 0.25) is 11.7 Å². The lowest BCUT2D eigenvalue weighted by atomic mass is 9.38. The first kappa shape index (κ1) is 34.3. The number of rotatable bonds is 6. The van der Waals surface area contributed by atoms with Gasteiger partial charge >= 0.3 is 33.5 Å². The van der Waals surface area contributed by atoms with Crippen molar-refractivity contribution >= 4 is 33.8 Å². The van der Waals surface area contributed by atoms with Crippen LogP contribution in [0.25, 0.3) is 0 Å². The van der Waals surface area contributed by atoms with Gasteiger partial charge in [-0.05, 0) is 43.1 Å². The summed E-state index contributed by atoms with van der Waals surface area (Å²) in [7, 11) is -5.24. The van der Waals surface area contributed by atoms with Gasteiger partial charge in [-0.2, -0.15) is 21.6 Å². The van der Waals surface area contributed by atoms with Gasteiger partial charge in [0, 0.05) is 23.8 Å². The van der Waals surface area contributed by atoms with Crippen molar-refractivity contribution in [2.45, 2.75) is 83.0 Å². The van der Waals surface area contributed by atoms with Crippen LogP contribution in [0.15, 0.2) is 23.0 Å². The highest BCUT2D eigenvalue weighted by molar-refractivity contribution is 7.87. The minimum absolute atomic E-state index is 0.0684. The maximum atomic E-state index is 13.6. The van der Waals surface area contributed by atoms with E-state index in [1.165, 1.54) is 13.8 Å². The largest absolute Gasteiger partial charge is 0.534 e. The molecule has 4 fully saturated rings. The number of halogens is 3. The van der Waals surface area contributed by atoms with Crippen LogP contribution in [0.5, 0.6) is 0 Å². The van der Waals surface area contributed by atoms with E-state index in [2.05, 4.69) is 4.18 Å². The van der Waals surface area contributed by atoms with Crippen molar-refractivity contribution in [3.05, 3.63) is 23.0 Å². The summed E-state index contributed by atoms with van der Waals surface area (Å²) < 4.78 is 90.0. The minimum atomic E-state index is -6.23. The molecule has 2 heterocycles. The fourth-order valence-corrected chi connectivity index (χ4v) is 9.16. The molecule has 13 nitrogen and oxygen atoms in total. The molecule has 10 atom stereocenters. The molecule has 5 aliphatic rings. The molecule has 2 saturated carbocycles. The van der Waals surface area contributed by atoms with Gasteiger partial charge in [-0.25, -0.2) is 14.4 Å². The molecule has 0 aromatic heterocycles. The highest BCUT2D eigenvalue weighted by Gasteiger charge is 2.85. The van der Waals surface area contributed by atoms with Crippen molar-refractivity contribution in [2.24, 2.45) is 34.5 Å². The van der Waals surface area contributed by atoms with Crippen LogP contribution in [0.1, 0.15) is 47.5 Å². The number of aliphatic hydroxyl groups is 2. The molecule has 10 unspecified atom stereocenters. The van der Waals surface area contributed by atoms with E-state index in [0.29, 0.717) is 5.57 Å². The molecule has 0 aromatic rings. The topological polar surface area (TPSA) is 189 Å². The molecule has 5 rings (SSSR count). The summed E-state index contributed by atoms with van der Waals surface area (Å²) in [4.78, 5) is 53.5. The van der Waals surface area contributed by atoms with E-state index in [1.54, 1.807) is 6.92 Å². The maximum Gasteiger partial charge on any atom is 0.534 e. The Morgan fingerprint density at radius 3 is 2.35 bits per heavy atom. The van der Waals surface area contributed by atoms with Gasteiger partial charge in [0.25, 0.3) is 0 Å². The van der Waals surface area contributed by atoms with Crippen LogP contribution < -0.4 is 0 Å². The van der Waals surface area contributed by atoms with E-state index >= 15 is 0 Å². The highest BCUT2D eigenvalue weighted by atomic mass is 32.2. The van der Waals surface area contributed by atoms with Gasteiger partial charge < -0.3 is 33.3 Å². The molecule has 17 heteroatoms. The lowest BCUT2D eigenvalue weighted by Gasteiger charge is -2.67. The van der Waals surface area contributed by atoms with Gasteiger partial charge in [-0.15, -0.1) is 0 Å². The number of ketones is 1. The Labute approximate surface area is 262 Å². The predicted molar refractivity (Wildman–Crippen MR) is 145 cm³/mol. The van der Waals surface area contributed by atoms with Crippen LogP contribution in [0.3, 0.4) is 0 Å². The van der Waals surface area contributed by atoms with Crippen molar-refractivity contribution < 1.29 is 74.1 Å². The van der Waals surface area contributed by atoms with Gasteiger partial charge in [-0.1, -0.05) is 26.3 Å². The molecule has 2 aliphatic heterocycles. The van der Waals surface area contributed by atoms with E-state index in [0.717, 1.165) is 13.2 Å². The molecular formula is C29H35F3O13S. The number of esters is 3. The lowest BCUT2D eigenvalue weighted by molar-refractivity contribution is -0.290. The van der Waals surface area contributed by atoms with Crippen LogP contribution >= 0.6 is 0 Å². The Morgan fingerprint density at radius 2 is 1.78 bits per heavy atom. The Kier molecular flexibility index (Phi) is 8.02. The summed E-state index contributed by atoms with van der Waals surface area (Å²) in [6.07, 6.45) is -6.83. The standard InChI is InChI=1S/C29H35F3O13S/c1-11(2)12(3)7-17(34)44-20-22-27-10-42-28(22,25(38)41-6)23(36)18(35)21(27)26(5)9-15(33)19(45-46(39,40)29(30,31)32)13(4)14(26)8-16(27)43-24(20)37/h7,11,14,16,18,20-23,35-36H,8-10H2,1-6H3. The Hall–Kier alpha value is -3.02. The highest BCUT2D eigenvalue weighted by Crippen LogP contribution is 2.73. The number of aliphatic hydroxyl groups excluding tert-OH is 2. The first-order valence-electron chi connectivity index (χ1n) is 14.5. The molecule has 3 aliphatic carbocycles. The van der Waals surface area contributed by atoms with E-state index in [9.17, 15) is 51.0 Å². The SMILES string of the molecule is COC(=O)C12OCC34C(CC5C(C)=C(OS(=O)(=O)C(F)(F)F)C(=O)CC5(C)C3C(O)C1O)OC(=O)C(OC(=O)C=C(C)C(C)C)C24. The zero-order valence-electron chi connectivity index (χ0n) is 25.7. The average molecular weight is 681 g/mol. The van der Waals surface area contributed by atoms with Gasteiger partial charge in [0.15, 0.2) is 11.5 Å². The monoisotopic (exact) mass is 680 g/mol. The summed E-state index contributed by atoms with van der Waals surface area (Å²) in [6.45, 7) is 7.57. The Morgan fingerprint density at radius 1 is 1.15 bits per heavy atom. The van der Waals surface area contributed by atoms with Crippen molar-refractivity contribution in [1.29, 1.82) is 0 Å². The van der Waals surface area contributed by atoms with E-state index in [-0.39, 0.29) is 17.9 Å². The molecule has 1 spiro atoms. The van der Waals surface area contributed by atoms with Crippen molar-refractivity contribution in [2.75, 3.05) is 13.7 Å². The van der Waals surface area contributed by atoms with Crippen molar-refractivity contribution in [3.63, 3.8) is 0 Å². The Bertz CT molecular complexity index is 1550. The second-order valence-corrected chi connectivity index (χ2v) is 14.8. The number of alkyl halides is 3. The van der Waals surface area contributed by atoms with Crippen LogP contribution in [0, 0.1) is 34.5 Å². The molecule has 2 N–H and O–H groups in total. The molecule has 256 valence electrons. The summed E-state index contributed by atoms with van der Waals surface area (Å²) in [5, 5.41) is 23.4. The normalized spacial score (nSPS) is 40.6. The number of carbonyl (C=O) groups excluding carboxylic acids is 4. The summed E-state index contributed by atoms with van der Waals surface area (Å²) in [6, 6.07) is 0. The third-order valence-electron chi connectivity index (χ3n) is 10.8. The first-order valence-corrected chi connectivity index (χ1v) is 15.9. The van der Waals surface area contributed by atoms with Crippen LogP contribution in [-0.2, 0) is 52.4 Å². The number of Topliss-reactive ketones (excluding diaryl/α,β-unsaturated/α-hetero) is 1. The zero-order chi connectivity index (χ0) is 34.5. The number of methoxy groups -OCH3 is 1. The number of ether oxygens (including phenoxy) is 4. The minimum Gasteiger partial charge on any atom is -0.467 e. The van der Waals surface area contributed by atoms with Crippen LogP contribution in [-0.4, -0.2) is 91.6 Å². The maximum absolute atomic E-state index is 13.6. The third kappa shape index (κ3) is 4.48. The second-order valence-electron chi connectivity index (χ2n) is 13.3. The molecule has 0 aromatic carbocycles. The van der Waals surface area contributed by atoms with E-state index in [1.807, 2.05) is 13.8 Å². The van der Waals surface area contributed by atoms with Crippen molar-refractivity contribution in [3.8, 4) is 0 Å². The quantitative estimate of drug-likeness (QED) is 0.135. The molecular weight excluding hydrogens is 645 g/mol. The molecule has 2 bridgehead atoms. The molecule has 2 saturated heterocycles. The number of hydrogen-bond acceptors (Lipinski definition) is 13. The van der Waals surface area contributed by atoms with Gasteiger partial charge in [0.1, 0.15) is 12.2 Å². The number of hydrogen-bond donors (Lipinski definition) is 2. The smallest absolute Gasteiger partial charge is 0.467 e. The van der Waals surface area contributed by atoms with Crippen LogP contribution in [0.4, 0.5) is 13.2 Å². The summed E-state index contributed by atoms with van der Waals surface area (Å²) >= 11 is 0. The van der Waals surface area contributed by atoms with E-state index < -0.39 is 117 Å². The fraction of sp³-hybridized carbons (Fsp3) is 0.724. The second kappa shape index (κ2) is 10.8. The zero-order valence-corrected chi connectivity index (χ0v) is 26.6. The third-order valence-corrected chi connectivity index (χ3v) is 11.7. The van der Waals surface area contributed by atoms with Gasteiger partial charge in [-0.3, -0.25) is 4.79 Å². The summed E-state index contributed by atoms with van der Waals surface area (Å²) in [5.41, 5.74) is -10.9. The average Bonchev–Trinajstić information content (AvgIpc) is 3.25. The molecule has 0 amide bonds. The van der Waals surface area contributed by atoms with Gasteiger partial charge in [0.05, 0.1) is 25.7 Å². The summed E-state index contributed by atoms with van der Waals surface area (Å²) in [5.74, 6) is -9.29. The number of carbonyl (C=O) groups is 4. The Balaban J connectivity index is 1.68. The van der Waals surface area contributed by atoms with Crippen LogP contribution in [0.2, 0.25) is 0 Å². The lowest BCUT2D eigenvalue weighted by Crippen LogP contribution is -2.79. The number of allylic oxidation sites excluding steroid dienone is 3. The molecule has 0 radical (unpaired) electrons. The predicted octanol–water partition coefficient (Wildman–Crippen LogP) is 1.46. The van der Waals surface area contributed by atoms with E-state index in [4.69, 9.17) is 18.9 Å². The molecule has 46 heavy (non-hydrogen) atoms. The number of fused-ring (bicyclic) bond motifs is 2. The fourth-order valence-electron chi connectivity index (χ4n) is 8.63. The van der Waals surface area contributed by atoms with Crippen molar-refractivity contribution in [1.82, 2.24) is 0 Å².